The molecule has 2 N–H and O–H groups in total. The quantitative estimate of drug-likeness (QED) is 0.713. The van der Waals surface area contributed by atoms with Gasteiger partial charge in [0.1, 0.15) is 15.5 Å². The van der Waals surface area contributed by atoms with Crippen LogP contribution in [0.5, 0.6) is 0 Å². The van der Waals surface area contributed by atoms with Crippen molar-refractivity contribution < 1.29 is 19.8 Å². The topological polar surface area (TPSA) is 109 Å². The van der Waals surface area contributed by atoms with Crippen LogP contribution >= 0.6 is 11.3 Å². The van der Waals surface area contributed by atoms with E-state index in [1.165, 1.54) is 4.57 Å². The van der Waals surface area contributed by atoms with E-state index in [0.717, 1.165) is 16.9 Å². The van der Waals surface area contributed by atoms with E-state index in [1.54, 1.807) is 19.1 Å². The molecule has 3 rings (SSSR count). The summed E-state index contributed by atoms with van der Waals surface area (Å²) in [6, 6.07) is 7.35. The number of hydrogen-bond acceptors (Lipinski definition) is 5. The first-order valence-electron chi connectivity index (χ1n) is 7.85. The molecule has 0 saturated carbocycles. The molecule has 0 aliphatic carbocycles. The molecule has 0 aliphatic rings. The summed E-state index contributed by atoms with van der Waals surface area (Å²) >= 11 is 0.951. The van der Waals surface area contributed by atoms with Crippen LogP contribution in [0.3, 0.4) is 0 Å². The summed E-state index contributed by atoms with van der Waals surface area (Å²) in [5.74, 6) is -1.80. The first kappa shape index (κ1) is 17.8. The highest BCUT2D eigenvalue weighted by molar-refractivity contribution is 7.20. The van der Waals surface area contributed by atoms with Crippen molar-refractivity contribution in [3.05, 3.63) is 50.6 Å². The largest absolute Gasteiger partial charge is 0.481 e. The third-order valence-electron chi connectivity index (χ3n) is 4.10. The number of aryl methyl sites for hydroxylation is 2. The Hall–Kier alpha value is -3.00. The number of benzene rings is 1. The molecule has 7 nitrogen and oxygen atoms in total. The summed E-state index contributed by atoms with van der Waals surface area (Å²) < 4.78 is 1.31. The summed E-state index contributed by atoms with van der Waals surface area (Å²) in [6.07, 6.45) is -0.235. The van der Waals surface area contributed by atoms with Gasteiger partial charge < -0.3 is 10.2 Å². The lowest BCUT2D eigenvalue weighted by Crippen LogP contribution is -2.24. The van der Waals surface area contributed by atoms with Crippen molar-refractivity contribution in [3.63, 3.8) is 0 Å². The number of carboxylic acids is 2. The fraction of sp³-hybridized carbons (Fsp3) is 0.222. The predicted octanol–water partition coefficient (Wildman–Crippen LogP) is 2.91. The Morgan fingerprint density at radius 3 is 2.38 bits per heavy atom. The van der Waals surface area contributed by atoms with Crippen molar-refractivity contribution in [3.8, 4) is 11.4 Å². The fourth-order valence-corrected chi connectivity index (χ4v) is 3.77. The van der Waals surface area contributed by atoms with Crippen LogP contribution in [0.25, 0.3) is 21.6 Å². The molecule has 0 aliphatic heterocycles. The van der Waals surface area contributed by atoms with Crippen molar-refractivity contribution in [2.45, 2.75) is 26.8 Å². The Morgan fingerprint density at radius 1 is 1.15 bits per heavy atom. The van der Waals surface area contributed by atoms with Crippen LogP contribution in [0.2, 0.25) is 0 Å². The third-order valence-corrected chi connectivity index (χ3v) is 5.28. The molecule has 0 unspecified atom stereocenters. The predicted molar refractivity (Wildman–Crippen MR) is 98.0 cm³/mol. The maximum absolute atomic E-state index is 13.0. The van der Waals surface area contributed by atoms with Gasteiger partial charge in [-0.3, -0.25) is 14.2 Å². The van der Waals surface area contributed by atoms with E-state index in [1.807, 2.05) is 19.1 Å². The zero-order valence-electron chi connectivity index (χ0n) is 14.1. The van der Waals surface area contributed by atoms with Gasteiger partial charge in [-0.2, -0.15) is 0 Å². The minimum atomic E-state index is -1.11. The Balaban J connectivity index is 2.32. The van der Waals surface area contributed by atoms with Gasteiger partial charge in [-0.15, -0.1) is 11.3 Å². The average Bonchev–Trinajstić information content (AvgIpc) is 2.91. The number of rotatable bonds is 5. The van der Waals surface area contributed by atoms with Crippen LogP contribution in [0, 0.1) is 13.8 Å². The Morgan fingerprint density at radius 2 is 1.81 bits per heavy atom. The van der Waals surface area contributed by atoms with Gasteiger partial charge in [0.2, 0.25) is 0 Å². The number of aromatic nitrogens is 2. The van der Waals surface area contributed by atoms with Gasteiger partial charge in [0.15, 0.2) is 0 Å². The molecule has 0 saturated heterocycles. The molecule has 0 fully saturated rings. The standard InChI is InChI=1S/C18H16N2O5S/c1-9-3-5-11(6-4-9)15-19-16-13(10(2)14(26-16)18(24)25)17(23)20(15)8-7-12(21)22/h3-6H,7-8H2,1-2H3,(H,21,22)(H,24,25). The highest BCUT2D eigenvalue weighted by atomic mass is 32.1. The molecule has 3 aromatic rings. The highest BCUT2D eigenvalue weighted by Crippen LogP contribution is 2.29. The van der Waals surface area contributed by atoms with Gasteiger partial charge >= 0.3 is 11.9 Å². The summed E-state index contributed by atoms with van der Waals surface area (Å²) in [7, 11) is 0. The van der Waals surface area contributed by atoms with E-state index < -0.39 is 17.5 Å². The Kier molecular flexibility index (Phi) is 4.60. The number of aromatic carboxylic acids is 1. The van der Waals surface area contributed by atoms with E-state index in [2.05, 4.69) is 4.98 Å². The summed E-state index contributed by atoms with van der Waals surface area (Å²) in [5, 5.41) is 18.5. The zero-order chi connectivity index (χ0) is 19.0. The van der Waals surface area contributed by atoms with E-state index in [0.29, 0.717) is 21.8 Å². The van der Waals surface area contributed by atoms with Gasteiger partial charge in [0.25, 0.3) is 5.56 Å². The second-order valence-electron chi connectivity index (χ2n) is 5.94. The number of carbonyl (C=O) groups is 2. The van der Waals surface area contributed by atoms with Crippen molar-refractivity contribution in [1.29, 1.82) is 0 Å². The van der Waals surface area contributed by atoms with Gasteiger partial charge in [-0.1, -0.05) is 29.8 Å². The summed E-state index contributed by atoms with van der Waals surface area (Å²) in [6.45, 7) is 3.45. The summed E-state index contributed by atoms with van der Waals surface area (Å²) in [5.41, 5.74) is 1.64. The molecule has 0 atom stereocenters. The normalized spacial score (nSPS) is 11.0. The van der Waals surface area contributed by atoms with Crippen molar-refractivity contribution in [1.82, 2.24) is 9.55 Å². The molecule has 0 amide bonds. The minimum absolute atomic E-state index is 0.0436. The third kappa shape index (κ3) is 3.11. The molecule has 26 heavy (non-hydrogen) atoms. The van der Waals surface area contributed by atoms with Crippen molar-refractivity contribution in [2.24, 2.45) is 0 Å². The molecule has 0 spiro atoms. The second-order valence-corrected chi connectivity index (χ2v) is 6.94. The van der Waals surface area contributed by atoms with E-state index in [-0.39, 0.29) is 23.2 Å². The van der Waals surface area contributed by atoms with Crippen LogP contribution < -0.4 is 5.56 Å². The SMILES string of the molecule is Cc1ccc(-c2nc3sc(C(=O)O)c(C)c3c(=O)n2CCC(=O)O)cc1. The first-order chi connectivity index (χ1) is 12.3. The zero-order valence-corrected chi connectivity index (χ0v) is 15.0. The molecule has 2 heterocycles. The van der Waals surface area contributed by atoms with Crippen LogP contribution in [0.4, 0.5) is 0 Å². The van der Waals surface area contributed by atoms with Crippen LogP contribution in [0.1, 0.15) is 27.2 Å². The lowest BCUT2D eigenvalue weighted by Gasteiger charge is -2.12. The number of aliphatic carboxylic acids is 1. The number of fused-ring (bicyclic) bond motifs is 1. The number of thiophene rings is 1. The highest BCUT2D eigenvalue weighted by Gasteiger charge is 2.22. The first-order valence-corrected chi connectivity index (χ1v) is 8.67. The molecule has 2 aromatic heterocycles. The Labute approximate surface area is 152 Å². The smallest absolute Gasteiger partial charge is 0.346 e. The minimum Gasteiger partial charge on any atom is -0.481 e. The molecular formula is C18H16N2O5S. The Bertz CT molecular complexity index is 1080. The van der Waals surface area contributed by atoms with Crippen LogP contribution in [-0.2, 0) is 11.3 Å². The number of hydrogen-bond donors (Lipinski definition) is 2. The van der Waals surface area contributed by atoms with Gasteiger partial charge in [0, 0.05) is 12.1 Å². The second kappa shape index (κ2) is 6.72. The van der Waals surface area contributed by atoms with Crippen LogP contribution in [-0.4, -0.2) is 31.7 Å². The van der Waals surface area contributed by atoms with Gasteiger partial charge in [-0.25, -0.2) is 9.78 Å². The lowest BCUT2D eigenvalue weighted by molar-refractivity contribution is -0.137. The molecule has 0 bridgehead atoms. The lowest BCUT2D eigenvalue weighted by atomic mass is 10.1. The number of nitrogens with zero attached hydrogens (tertiary/aromatic N) is 2. The van der Waals surface area contributed by atoms with Gasteiger partial charge in [0.05, 0.1) is 11.8 Å². The van der Waals surface area contributed by atoms with Crippen molar-refractivity contribution >= 4 is 33.5 Å². The maximum atomic E-state index is 13.0. The van der Waals surface area contributed by atoms with E-state index in [9.17, 15) is 19.5 Å². The average molecular weight is 372 g/mol. The van der Waals surface area contributed by atoms with E-state index in [4.69, 9.17) is 5.11 Å². The van der Waals surface area contributed by atoms with Gasteiger partial charge in [-0.05, 0) is 19.4 Å². The van der Waals surface area contributed by atoms with E-state index >= 15 is 0 Å². The van der Waals surface area contributed by atoms with Crippen molar-refractivity contribution in [2.75, 3.05) is 0 Å². The molecular weight excluding hydrogens is 356 g/mol. The molecule has 0 radical (unpaired) electrons. The molecule has 134 valence electrons. The fourth-order valence-electron chi connectivity index (χ4n) is 2.76. The van der Waals surface area contributed by atoms with Crippen LogP contribution in [0.15, 0.2) is 29.1 Å². The molecule has 1 aromatic carbocycles. The monoisotopic (exact) mass is 372 g/mol. The summed E-state index contributed by atoms with van der Waals surface area (Å²) in [4.78, 5) is 40.3. The maximum Gasteiger partial charge on any atom is 0.346 e. The molecule has 8 heteroatoms. The number of carboxylic acid groups (broad SMARTS) is 2.